The van der Waals surface area contributed by atoms with Gasteiger partial charge in [0.15, 0.2) is 5.65 Å². The molecule has 2 aromatic heterocycles. The Morgan fingerprint density at radius 3 is 2.90 bits per heavy atom. The molecule has 0 aliphatic rings. The van der Waals surface area contributed by atoms with E-state index >= 15 is 0 Å². The van der Waals surface area contributed by atoms with Crippen LogP contribution in [0.15, 0.2) is 42.6 Å². The summed E-state index contributed by atoms with van der Waals surface area (Å²) in [4.78, 5) is 4.55. The van der Waals surface area contributed by atoms with Crippen LogP contribution < -0.4 is 10.5 Å². The molecule has 0 spiro atoms. The molecule has 108 valence electrons. The SMILES string of the molecule is CCCOc1cccc(-c2nc3c(Cl)cccn3c2N)c1. The zero-order valence-electron chi connectivity index (χ0n) is 11.7. The third-order valence-electron chi connectivity index (χ3n) is 3.22. The molecular weight excluding hydrogens is 286 g/mol. The quantitative estimate of drug-likeness (QED) is 0.791. The number of halogens is 1. The highest BCUT2D eigenvalue weighted by atomic mass is 35.5. The molecule has 0 radical (unpaired) electrons. The number of fused-ring (bicyclic) bond motifs is 1. The molecule has 2 N–H and O–H groups in total. The second-order valence-electron chi connectivity index (χ2n) is 4.77. The van der Waals surface area contributed by atoms with Crippen molar-refractivity contribution in [2.75, 3.05) is 12.3 Å². The summed E-state index contributed by atoms with van der Waals surface area (Å²) in [6.07, 6.45) is 2.82. The van der Waals surface area contributed by atoms with Crippen molar-refractivity contribution in [3.05, 3.63) is 47.6 Å². The molecule has 4 nitrogen and oxygen atoms in total. The van der Waals surface area contributed by atoms with Crippen LogP contribution in [0.4, 0.5) is 5.82 Å². The second kappa shape index (κ2) is 5.66. The summed E-state index contributed by atoms with van der Waals surface area (Å²) in [5, 5.41) is 0.578. The van der Waals surface area contributed by atoms with Crippen molar-refractivity contribution in [1.82, 2.24) is 9.38 Å². The lowest BCUT2D eigenvalue weighted by atomic mass is 10.1. The van der Waals surface area contributed by atoms with Gasteiger partial charge in [-0.2, -0.15) is 0 Å². The van der Waals surface area contributed by atoms with Crippen LogP contribution in [-0.4, -0.2) is 16.0 Å². The van der Waals surface area contributed by atoms with Crippen LogP contribution in [0.1, 0.15) is 13.3 Å². The van der Waals surface area contributed by atoms with Crippen LogP contribution in [-0.2, 0) is 0 Å². The molecular formula is C16H16ClN3O. The van der Waals surface area contributed by atoms with Crippen molar-refractivity contribution in [1.29, 1.82) is 0 Å². The number of nitrogens with two attached hydrogens (primary N) is 1. The van der Waals surface area contributed by atoms with Crippen molar-refractivity contribution in [2.45, 2.75) is 13.3 Å². The van der Waals surface area contributed by atoms with Gasteiger partial charge in [0.2, 0.25) is 0 Å². The Labute approximate surface area is 128 Å². The Kier molecular flexibility index (Phi) is 3.71. The highest BCUT2D eigenvalue weighted by molar-refractivity contribution is 6.33. The minimum Gasteiger partial charge on any atom is -0.494 e. The van der Waals surface area contributed by atoms with E-state index < -0.39 is 0 Å². The fourth-order valence-corrected chi connectivity index (χ4v) is 2.42. The van der Waals surface area contributed by atoms with E-state index in [-0.39, 0.29) is 0 Å². The highest BCUT2D eigenvalue weighted by Crippen LogP contribution is 2.31. The highest BCUT2D eigenvalue weighted by Gasteiger charge is 2.13. The third-order valence-corrected chi connectivity index (χ3v) is 3.51. The van der Waals surface area contributed by atoms with Gasteiger partial charge >= 0.3 is 0 Å². The number of nitrogen functional groups attached to an aromatic ring is 1. The lowest BCUT2D eigenvalue weighted by Crippen LogP contribution is -1.96. The van der Waals surface area contributed by atoms with Gasteiger partial charge in [0.25, 0.3) is 0 Å². The van der Waals surface area contributed by atoms with Gasteiger partial charge in [-0.1, -0.05) is 30.7 Å². The van der Waals surface area contributed by atoms with Crippen molar-refractivity contribution >= 4 is 23.1 Å². The maximum Gasteiger partial charge on any atom is 0.157 e. The van der Waals surface area contributed by atoms with Gasteiger partial charge in [-0.05, 0) is 30.7 Å². The van der Waals surface area contributed by atoms with E-state index in [1.165, 1.54) is 0 Å². The first kappa shape index (κ1) is 13.8. The van der Waals surface area contributed by atoms with E-state index in [0.717, 1.165) is 17.7 Å². The number of aromatic nitrogens is 2. The summed E-state index contributed by atoms with van der Waals surface area (Å²) >= 11 is 6.17. The van der Waals surface area contributed by atoms with Crippen LogP contribution >= 0.6 is 11.6 Å². The van der Waals surface area contributed by atoms with Gasteiger partial charge in [0.05, 0.1) is 11.6 Å². The average molecular weight is 302 g/mol. The zero-order valence-corrected chi connectivity index (χ0v) is 12.5. The summed E-state index contributed by atoms with van der Waals surface area (Å²) in [7, 11) is 0. The van der Waals surface area contributed by atoms with Gasteiger partial charge in [-0.15, -0.1) is 0 Å². The molecule has 0 unspecified atom stereocenters. The molecule has 5 heteroatoms. The lowest BCUT2D eigenvalue weighted by Gasteiger charge is -2.06. The molecule has 3 rings (SSSR count). The molecule has 0 bridgehead atoms. The van der Waals surface area contributed by atoms with Crippen molar-refractivity contribution in [2.24, 2.45) is 0 Å². The Balaban J connectivity index is 2.08. The van der Waals surface area contributed by atoms with Crippen LogP contribution in [0.5, 0.6) is 5.75 Å². The van der Waals surface area contributed by atoms with Gasteiger partial charge in [0.1, 0.15) is 17.3 Å². The second-order valence-corrected chi connectivity index (χ2v) is 5.18. The molecule has 0 aliphatic heterocycles. The largest absolute Gasteiger partial charge is 0.494 e. The van der Waals surface area contributed by atoms with Gasteiger partial charge < -0.3 is 10.5 Å². The van der Waals surface area contributed by atoms with Crippen molar-refractivity contribution in [3.8, 4) is 17.0 Å². The molecule has 21 heavy (non-hydrogen) atoms. The first-order chi connectivity index (χ1) is 10.2. The summed E-state index contributed by atoms with van der Waals surface area (Å²) in [6.45, 7) is 2.77. The van der Waals surface area contributed by atoms with E-state index in [1.807, 2.05) is 36.5 Å². The minimum absolute atomic E-state index is 0.570. The van der Waals surface area contributed by atoms with E-state index in [4.69, 9.17) is 22.1 Å². The predicted molar refractivity (Wildman–Crippen MR) is 85.8 cm³/mol. The number of pyridine rings is 1. The van der Waals surface area contributed by atoms with Gasteiger partial charge in [-0.25, -0.2) is 4.98 Å². The number of ether oxygens (including phenoxy) is 1. The van der Waals surface area contributed by atoms with Crippen LogP contribution in [0.3, 0.4) is 0 Å². The fraction of sp³-hybridized carbons (Fsp3) is 0.188. The fourth-order valence-electron chi connectivity index (χ4n) is 2.22. The van der Waals surface area contributed by atoms with Crippen LogP contribution in [0.25, 0.3) is 16.9 Å². The topological polar surface area (TPSA) is 52.5 Å². The average Bonchev–Trinajstić information content (AvgIpc) is 2.84. The number of imidazole rings is 1. The first-order valence-corrected chi connectivity index (χ1v) is 7.23. The zero-order chi connectivity index (χ0) is 14.8. The van der Waals surface area contributed by atoms with Crippen molar-refractivity contribution < 1.29 is 4.74 Å². The number of benzene rings is 1. The lowest BCUT2D eigenvalue weighted by molar-refractivity contribution is 0.317. The number of anilines is 1. The van der Waals surface area contributed by atoms with Crippen molar-refractivity contribution in [3.63, 3.8) is 0 Å². The van der Waals surface area contributed by atoms with Crippen LogP contribution in [0.2, 0.25) is 5.02 Å². The predicted octanol–water partition coefficient (Wildman–Crippen LogP) is 4.03. The summed E-state index contributed by atoms with van der Waals surface area (Å²) in [6, 6.07) is 11.4. The summed E-state index contributed by atoms with van der Waals surface area (Å²) < 4.78 is 7.44. The molecule has 0 saturated heterocycles. The monoisotopic (exact) mass is 301 g/mol. The molecule has 0 atom stereocenters. The first-order valence-electron chi connectivity index (χ1n) is 6.86. The minimum atomic E-state index is 0.570. The van der Waals surface area contributed by atoms with Gasteiger partial charge in [-0.3, -0.25) is 4.40 Å². The van der Waals surface area contributed by atoms with Crippen LogP contribution in [0, 0.1) is 0 Å². The smallest absolute Gasteiger partial charge is 0.157 e. The Bertz CT molecular complexity index is 782. The maximum absolute atomic E-state index is 6.19. The molecule has 1 aromatic carbocycles. The number of nitrogens with zero attached hydrogens (tertiary/aromatic N) is 2. The summed E-state index contributed by atoms with van der Waals surface area (Å²) in [5.41, 5.74) is 8.48. The normalized spacial score (nSPS) is 11.0. The Morgan fingerprint density at radius 1 is 1.29 bits per heavy atom. The van der Waals surface area contributed by atoms with Gasteiger partial charge in [0, 0.05) is 11.8 Å². The van der Waals surface area contributed by atoms with E-state index in [2.05, 4.69) is 11.9 Å². The molecule has 0 saturated carbocycles. The summed E-state index contributed by atoms with van der Waals surface area (Å²) in [5.74, 6) is 1.39. The Morgan fingerprint density at radius 2 is 2.14 bits per heavy atom. The Hall–Kier alpha value is -2.20. The molecule has 0 amide bonds. The number of hydrogen-bond acceptors (Lipinski definition) is 3. The third kappa shape index (κ3) is 2.54. The standard InChI is InChI=1S/C16H16ClN3O/c1-2-9-21-12-6-3-5-11(10-12)14-15(18)20-8-4-7-13(17)16(20)19-14/h3-8,10H,2,9,18H2,1H3. The molecule has 3 aromatic rings. The number of rotatable bonds is 4. The van der Waals surface area contributed by atoms with E-state index in [0.29, 0.717) is 28.8 Å². The molecule has 0 fully saturated rings. The molecule has 2 heterocycles. The van der Waals surface area contributed by atoms with E-state index in [9.17, 15) is 0 Å². The maximum atomic E-state index is 6.19. The number of hydrogen-bond donors (Lipinski definition) is 1. The van der Waals surface area contributed by atoms with E-state index in [1.54, 1.807) is 10.5 Å². The molecule has 0 aliphatic carbocycles.